The number of alkyl halides is 1. The number of hydrogen-bond donors (Lipinski definition) is 0. The van der Waals surface area contributed by atoms with E-state index in [0.29, 0.717) is 5.92 Å². The second-order valence-corrected chi connectivity index (χ2v) is 4.72. The van der Waals surface area contributed by atoms with Crippen LogP contribution in [0.5, 0.6) is 0 Å². The van der Waals surface area contributed by atoms with E-state index in [2.05, 4.69) is 18.7 Å². The van der Waals surface area contributed by atoms with E-state index < -0.39 is 0 Å². The first-order chi connectivity index (χ1) is 6.26. The van der Waals surface area contributed by atoms with Crippen molar-refractivity contribution < 1.29 is 0 Å². The average Bonchev–Trinajstić information content (AvgIpc) is 2.19. The Morgan fingerprint density at radius 1 is 1.38 bits per heavy atom. The van der Waals surface area contributed by atoms with Gasteiger partial charge < -0.3 is 4.90 Å². The van der Waals surface area contributed by atoms with Gasteiger partial charge >= 0.3 is 0 Å². The van der Waals surface area contributed by atoms with E-state index in [0.717, 1.165) is 11.8 Å². The molecule has 0 aromatic rings. The number of rotatable bonds is 4. The van der Waals surface area contributed by atoms with Crippen molar-refractivity contribution in [1.29, 1.82) is 0 Å². The summed E-state index contributed by atoms with van der Waals surface area (Å²) in [6.07, 6.45) is 4.15. The summed E-state index contributed by atoms with van der Waals surface area (Å²) >= 11 is 5.80. The Bertz CT molecular complexity index is 130. The van der Waals surface area contributed by atoms with Gasteiger partial charge in [0.05, 0.1) is 0 Å². The summed E-state index contributed by atoms with van der Waals surface area (Å²) in [5.74, 6) is 2.44. The summed E-state index contributed by atoms with van der Waals surface area (Å²) < 4.78 is 0. The average molecular weight is 204 g/mol. The van der Waals surface area contributed by atoms with Gasteiger partial charge in [0.15, 0.2) is 0 Å². The lowest BCUT2D eigenvalue weighted by Crippen LogP contribution is -2.36. The quantitative estimate of drug-likeness (QED) is 0.636. The van der Waals surface area contributed by atoms with Gasteiger partial charge in [-0.25, -0.2) is 0 Å². The van der Waals surface area contributed by atoms with Crippen molar-refractivity contribution >= 4 is 11.6 Å². The zero-order valence-corrected chi connectivity index (χ0v) is 9.69. The van der Waals surface area contributed by atoms with Crippen molar-refractivity contribution in [1.82, 2.24) is 4.90 Å². The Kier molecular flexibility index (Phi) is 5.12. The molecular formula is C11H22ClN. The van der Waals surface area contributed by atoms with Crippen molar-refractivity contribution in [2.45, 2.75) is 33.1 Å². The van der Waals surface area contributed by atoms with E-state index in [-0.39, 0.29) is 0 Å². The molecule has 1 heterocycles. The van der Waals surface area contributed by atoms with Gasteiger partial charge in [-0.1, -0.05) is 20.3 Å². The van der Waals surface area contributed by atoms with Crippen LogP contribution in [-0.2, 0) is 0 Å². The van der Waals surface area contributed by atoms with Gasteiger partial charge in [0.1, 0.15) is 0 Å². The van der Waals surface area contributed by atoms with Crippen LogP contribution in [0.3, 0.4) is 0 Å². The van der Waals surface area contributed by atoms with E-state index in [4.69, 9.17) is 11.6 Å². The number of piperidine rings is 1. The van der Waals surface area contributed by atoms with Crippen LogP contribution in [0.4, 0.5) is 0 Å². The van der Waals surface area contributed by atoms with Crippen LogP contribution in [0.2, 0.25) is 0 Å². The maximum atomic E-state index is 5.80. The van der Waals surface area contributed by atoms with Crippen LogP contribution in [0.1, 0.15) is 33.1 Å². The minimum atomic E-state index is 0.653. The summed E-state index contributed by atoms with van der Waals surface area (Å²) in [4.78, 5) is 2.57. The van der Waals surface area contributed by atoms with Crippen molar-refractivity contribution in [3.05, 3.63) is 0 Å². The molecule has 1 nitrogen and oxygen atoms in total. The number of halogens is 1. The molecule has 0 spiro atoms. The van der Waals surface area contributed by atoms with E-state index in [9.17, 15) is 0 Å². The highest BCUT2D eigenvalue weighted by atomic mass is 35.5. The zero-order chi connectivity index (χ0) is 9.68. The summed E-state index contributed by atoms with van der Waals surface area (Å²) in [5.41, 5.74) is 0. The van der Waals surface area contributed by atoms with Gasteiger partial charge in [0, 0.05) is 12.4 Å². The largest absolute Gasteiger partial charge is 0.303 e. The number of hydrogen-bond acceptors (Lipinski definition) is 1. The standard InChI is InChI=1S/C11H22ClN/c1-3-11-4-6-13(7-5-11)9-10(2)8-12/h10-11H,3-9H2,1-2H3. The molecule has 0 aliphatic carbocycles. The number of likely N-dealkylation sites (tertiary alicyclic amines) is 1. The second kappa shape index (κ2) is 5.87. The molecule has 0 aromatic heterocycles. The van der Waals surface area contributed by atoms with Crippen molar-refractivity contribution in [3.63, 3.8) is 0 Å². The van der Waals surface area contributed by atoms with Crippen LogP contribution >= 0.6 is 11.6 Å². The highest BCUT2D eigenvalue weighted by Gasteiger charge is 2.18. The Labute approximate surface area is 87.4 Å². The van der Waals surface area contributed by atoms with E-state index >= 15 is 0 Å². The third-order valence-electron chi connectivity index (χ3n) is 3.12. The van der Waals surface area contributed by atoms with Gasteiger partial charge in [0.2, 0.25) is 0 Å². The van der Waals surface area contributed by atoms with Gasteiger partial charge in [0.25, 0.3) is 0 Å². The first kappa shape index (κ1) is 11.3. The van der Waals surface area contributed by atoms with Gasteiger partial charge in [-0.05, 0) is 37.8 Å². The second-order valence-electron chi connectivity index (χ2n) is 4.41. The molecule has 0 bridgehead atoms. The zero-order valence-electron chi connectivity index (χ0n) is 8.93. The lowest BCUT2D eigenvalue weighted by atomic mass is 9.94. The summed E-state index contributed by atoms with van der Waals surface area (Å²) in [7, 11) is 0. The highest BCUT2D eigenvalue weighted by molar-refractivity contribution is 6.18. The maximum Gasteiger partial charge on any atom is 0.0261 e. The molecule has 0 radical (unpaired) electrons. The molecule has 0 amide bonds. The van der Waals surface area contributed by atoms with Crippen LogP contribution < -0.4 is 0 Å². The molecule has 1 saturated heterocycles. The molecule has 1 rings (SSSR count). The van der Waals surface area contributed by atoms with Crippen LogP contribution in [0.25, 0.3) is 0 Å². The molecular weight excluding hydrogens is 182 g/mol. The fraction of sp³-hybridized carbons (Fsp3) is 1.00. The third-order valence-corrected chi connectivity index (χ3v) is 3.64. The maximum absolute atomic E-state index is 5.80. The normalized spacial score (nSPS) is 23.3. The molecule has 1 aliphatic rings. The van der Waals surface area contributed by atoms with Gasteiger partial charge in [-0.3, -0.25) is 0 Å². The molecule has 2 heteroatoms. The predicted octanol–water partition coefficient (Wildman–Crippen LogP) is 2.98. The molecule has 0 aromatic carbocycles. The smallest absolute Gasteiger partial charge is 0.0261 e. The lowest BCUT2D eigenvalue weighted by molar-refractivity contribution is 0.166. The molecule has 78 valence electrons. The summed E-state index contributed by atoms with van der Waals surface area (Å²) in [5, 5.41) is 0. The molecule has 0 saturated carbocycles. The summed E-state index contributed by atoms with van der Waals surface area (Å²) in [6, 6.07) is 0. The molecule has 1 unspecified atom stereocenters. The first-order valence-corrected chi connectivity index (χ1v) is 6.08. The van der Waals surface area contributed by atoms with E-state index in [1.807, 2.05) is 0 Å². The minimum absolute atomic E-state index is 0.653. The fourth-order valence-corrected chi connectivity index (χ4v) is 2.16. The molecule has 13 heavy (non-hydrogen) atoms. The van der Waals surface area contributed by atoms with E-state index in [1.54, 1.807) is 0 Å². The molecule has 1 aliphatic heterocycles. The minimum Gasteiger partial charge on any atom is -0.303 e. The summed E-state index contributed by atoms with van der Waals surface area (Å²) in [6.45, 7) is 8.32. The molecule has 0 N–H and O–H groups in total. The SMILES string of the molecule is CCC1CCN(CC(C)CCl)CC1. The first-order valence-electron chi connectivity index (χ1n) is 5.54. The van der Waals surface area contributed by atoms with Gasteiger partial charge in [-0.2, -0.15) is 0 Å². The van der Waals surface area contributed by atoms with Gasteiger partial charge in [-0.15, -0.1) is 11.6 Å². The lowest BCUT2D eigenvalue weighted by Gasteiger charge is -2.32. The highest BCUT2D eigenvalue weighted by Crippen LogP contribution is 2.20. The van der Waals surface area contributed by atoms with Crippen LogP contribution in [-0.4, -0.2) is 30.4 Å². The van der Waals surface area contributed by atoms with Crippen LogP contribution in [0, 0.1) is 11.8 Å². The third kappa shape index (κ3) is 3.86. The molecule has 1 fully saturated rings. The molecule has 1 atom stereocenters. The fourth-order valence-electron chi connectivity index (χ4n) is 2.07. The Morgan fingerprint density at radius 3 is 2.46 bits per heavy atom. The van der Waals surface area contributed by atoms with Crippen molar-refractivity contribution in [2.75, 3.05) is 25.5 Å². The topological polar surface area (TPSA) is 3.24 Å². The van der Waals surface area contributed by atoms with Crippen molar-refractivity contribution in [3.8, 4) is 0 Å². The Morgan fingerprint density at radius 2 is 2.00 bits per heavy atom. The monoisotopic (exact) mass is 203 g/mol. The van der Waals surface area contributed by atoms with Crippen LogP contribution in [0.15, 0.2) is 0 Å². The Balaban J connectivity index is 2.17. The van der Waals surface area contributed by atoms with Crippen molar-refractivity contribution in [2.24, 2.45) is 11.8 Å². The number of nitrogens with zero attached hydrogens (tertiary/aromatic N) is 1. The predicted molar refractivity (Wildman–Crippen MR) is 59.3 cm³/mol. The van der Waals surface area contributed by atoms with E-state index in [1.165, 1.54) is 38.9 Å². The Hall–Kier alpha value is 0.250.